The third kappa shape index (κ3) is 11.7. The van der Waals surface area contributed by atoms with Gasteiger partial charge in [-0.2, -0.15) is 0 Å². The summed E-state index contributed by atoms with van der Waals surface area (Å²) in [6.07, 6.45) is 3.31. The van der Waals surface area contributed by atoms with E-state index in [0.717, 1.165) is 102 Å². The van der Waals surface area contributed by atoms with Gasteiger partial charge in [-0.05, 0) is 71.8 Å². The molecule has 10 rings (SSSR count). The molecule has 1 aliphatic carbocycles. The number of furan rings is 1. The van der Waals surface area contributed by atoms with E-state index in [1.165, 1.54) is 0 Å². The molecule has 0 saturated carbocycles. The summed E-state index contributed by atoms with van der Waals surface area (Å²) in [5.74, 6) is 4.10. The van der Waals surface area contributed by atoms with E-state index in [9.17, 15) is 0 Å². The predicted molar refractivity (Wildman–Crippen MR) is 276 cm³/mol. The molecule has 0 saturated heterocycles. The monoisotopic (exact) mass is 1150 g/mol. The van der Waals surface area contributed by atoms with Crippen molar-refractivity contribution in [3.05, 3.63) is 207 Å². The zero-order chi connectivity index (χ0) is 46.3. The molecule has 0 spiro atoms. The van der Waals surface area contributed by atoms with Gasteiger partial charge < -0.3 is 32.8 Å². The number of methoxy groups -OCH3 is 2. The molecule has 67 heavy (non-hydrogen) atoms. The maximum absolute atomic E-state index is 7.00. The summed E-state index contributed by atoms with van der Waals surface area (Å²) >= 11 is 15.6. The smallest absolute Gasteiger partial charge is 0.126 e. The topological polar surface area (TPSA) is 71.8 Å². The maximum atomic E-state index is 7.00. The maximum Gasteiger partial charge on any atom is 0.126 e. The van der Waals surface area contributed by atoms with Crippen LogP contribution in [0.25, 0.3) is 0 Å². The van der Waals surface area contributed by atoms with Gasteiger partial charge in [0.1, 0.15) is 42.0 Å². The van der Waals surface area contributed by atoms with Crippen LogP contribution in [0.3, 0.4) is 0 Å². The van der Waals surface area contributed by atoms with Crippen molar-refractivity contribution in [3.8, 4) is 23.0 Å². The van der Waals surface area contributed by atoms with Gasteiger partial charge in [0.2, 0.25) is 0 Å². The molecule has 8 nitrogen and oxygen atoms in total. The number of fused-ring (bicyclic) bond motifs is 12. The van der Waals surface area contributed by atoms with Gasteiger partial charge in [0.15, 0.2) is 0 Å². The standard InChI is InChI=1S/C55H51Br4NO7/c1-61-52-37-20-41-28-47(58)30-43-22-39-26-46(57)27-40(53(39)62-2)23-44-31-48(59)29-42(21-38(52)25-45(56)24-37)55(44)67-19-17-65-51(36-12-7-4-8-13-36)34-60(32-49-14-9-15-63-49)33-50(35-10-5-3-6-11-35)64-16-18-66-54(41)43/h3-15,24-31,50-51H,16-23,32-34H2,1-2H3/t50-,51?/m0/s1. The molecule has 6 aromatic carbocycles. The molecule has 2 atom stereocenters. The van der Waals surface area contributed by atoms with E-state index in [4.69, 9.17) is 32.8 Å². The zero-order valence-electron chi connectivity index (χ0n) is 37.4. The molecule has 1 unspecified atom stereocenters. The Hall–Kier alpha value is -4.40. The molecule has 10 bridgehead atoms. The second kappa shape index (κ2) is 22.4. The normalized spacial score (nSPS) is 17.2. The summed E-state index contributed by atoms with van der Waals surface area (Å²) in [6, 6.07) is 42.0. The third-order valence-corrected chi connectivity index (χ3v) is 14.0. The van der Waals surface area contributed by atoms with Crippen LogP contribution in [0, 0.1) is 0 Å². The fraction of sp³-hybridized carbons (Fsp3) is 0.273. The molecule has 0 N–H and O–H groups in total. The Morgan fingerprint density at radius 1 is 0.478 bits per heavy atom. The van der Waals surface area contributed by atoms with Crippen LogP contribution in [0.5, 0.6) is 23.0 Å². The van der Waals surface area contributed by atoms with E-state index >= 15 is 0 Å². The first-order chi connectivity index (χ1) is 32.7. The second-order valence-corrected chi connectivity index (χ2v) is 20.5. The quantitative estimate of drug-likeness (QED) is 0.153. The Bertz CT molecular complexity index is 2520. The Kier molecular flexibility index (Phi) is 15.9. The van der Waals surface area contributed by atoms with E-state index < -0.39 is 0 Å². The lowest BCUT2D eigenvalue weighted by Gasteiger charge is -2.31. The minimum Gasteiger partial charge on any atom is -0.496 e. The van der Waals surface area contributed by atoms with Gasteiger partial charge in [-0.3, -0.25) is 4.90 Å². The lowest BCUT2D eigenvalue weighted by Crippen LogP contribution is -2.34. The van der Waals surface area contributed by atoms with Gasteiger partial charge in [-0.15, -0.1) is 0 Å². The first-order valence-corrected chi connectivity index (χ1v) is 25.5. The van der Waals surface area contributed by atoms with Crippen molar-refractivity contribution in [2.45, 2.75) is 44.4 Å². The summed E-state index contributed by atoms with van der Waals surface area (Å²) in [5, 5.41) is 0. The van der Waals surface area contributed by atoms with E-state index in [2.05, 4.69) is 166 Å². The summed E-state index contributed by atoms with van der Waals surface area (Å²) < 4.78 is 50.2. The van der Waals surface area contributed by atoms with Crippen molar-refractivity contribution in [3.63, 3.8) is 0 Å². The summed E-state index contributed by atoms with van der Waals surface area (Å²) in [7, 11) is 3.50. The molecule has 3 aliphatic rings. The molecule has 346 valence electrons. The number of hydrogen-bond donors (Lipinski definition) is 0. The molecule has 12 heteroatoms. The fourth-order valence-corrected chi connectivity index (χ4v) is 11.6. The van der Waals surface area contributed by atoms with Gasteiger partial charge in [0.05, 0.1) is 52.4 Å². The average Bonchev–Trinajstić information content (AvgIpc) is 3.82. The highest BCUT2D eigenvalue weighted by Gasteiger charge is 2.26. The van der Waals surface area contributed by atoms with Crippen LogP contribution in [0.1, 0.15) is 73.6 Å². The summed E-state index contributed by atoms with van der Waals surface area (Å²) in [6.45, 7) is 3.01. The molecule has 7 aromatic rings. The first-order valence-electron chi connectivity index (χ1n) is 22.4. The number of rotatable bonds is 6. The van der Waals surface area contributed by atoms with Crippen molar-refractivity contribution in [1.82, 2.24) is 4.90 Å². The van der Waals surface area contributed by atoms with Gasteiger partial charge in [0, 0.05) is 101 Å². The summed E-state index contributed by atoms with van der Waals surface area (Å²) in [5.41, 5.74) is 10.3. The van der Waals surface area contributed by atoms with Crippen LogP contribution in [-0.4, -0.2) is 58.6 Å². The minimum atomic E-state index is -0.290. The molecule has 1 aromatic heterocycles. The number of halogens is 4. The Morgan fingerprint density at radius 3 is 1.19 bits per heavy atom. The van der Waals surface area contributed by atoms with E-state index in [1.54, 1.807) is 20.5 Å². The van der Waals surface area contributed by atoms with Gasteiger partial charge in [0.25, 0.3) is 0 Å². The Balaban J connectivity index is 1.21. The first kappa shape index (κ1) is 47.7. The highest BCUT2D eigenvalue weighted by Crippen LogP contribution is 2.42. The van der Waals surface area contributed by atoms with Crippen LogP contribution in [0.15, 0.2) is 150 Å². The van der Waals surface area contributed by atoms with Crippen LogP contribution in [0.2, 0.25) is 0 Å². The van der Waals surface area contributed by atoms with E-state index in [1.807, 2.05) is 24.3 Å². The van der Waals surface area contributed by atoms with Crippen molar-refractivity contribution < 1.29 is 32.8 Å². The van der Waals surface area contributed by atoms with Crippen LogP contribution in [0.4, 0.5) is 0 Å². The van der Waals surface area contributed by atoms with E-state index in [0.29, 0.717) is 71.7 Å². The van der Waals surface area contributed by atoms with Crippen LogP contribution >= 0.6 is 63.7 Å². The van der Waals surface area contributed by atoms with Gasteiger partial charge in [-0.25, -0.2) is 0 Å². The SMILES string of the molecule is COc1c2cc(Br)cc1Cc1cc(Br)cc3c1OCCO[C@H](c1ccccc1)CN(Cc1ccco1)CC(c1ccccc1)OCCOc1c(cc(Br)cc1Cc1cc(Br)cc(c1OC)C3)C2. The van der Waals surface area contributed by atoms with Crippen molar-refractivity contribution in [1.29, 1.82) is 0 Å². The van der Waals surface area contributed by atoms with Crippen LogP contribution < -0.4 is 18.9 Å². The number of hydrogen-bond acceptors (Lipinski definition) is 8. The second-order valence-electron chi connectivity index (χ2n) is 16.8. The number of benzene rings is 6. The predicted octanol–water partition coefficient (Wildman–Crippen LogP) is 13.8. The van der Waals surface area contributed by atoms with Gasteiger partial charge >= 0.3 is 0 Å². The largest absolute Gasteiger partial charge is 0.496 e. The van der Waals surface area contributed by atoms with Crippen molar-refractivity contribution in [2.24, 2.45) is 0 Å². The summed E-state index contributed by atoms with van der Waals surface area (Å²) in [4.78, 5) is 2.36. The zero-order valence-corrected chi connectivity index (χ0v) is 43.7. The van der Waals surface area contributed by atoms with Crippen LogP contribution in [-0.2, 0) is 41.7 Å². The molecule has 3 heterocycles. The lowest BCUT2D eigenvalue weighted by atomic mass is 9.91. The van der Waals surface area contributed by atoms with E-state index in [-0.39, 0.29) is 12.2 Å². The van der Waals surface area contributed by atoms with Crippen molar-refractivity contribution in [2.75, 3.05) is 53.7 Å². The molecule has 2 aliphatic heterocycles. The molecule has 0 fully saturated rings. The Morgan fingerprint density at radius 2 is 0.851 bits per heavy atom. The fourth-order valence-electron chi connectivity index (χ4n) is 9.42. The molecular formula is C55H51Br4NO7. The molecular weight excluding hydrogens is 1110 g/mol. The highest BCUT2D eigenvalue weighted by atomic mass is 79.9. The third-order valence-electron chi connectivity index (χ3n) is 12.2. The minimum absolute atomic E-state index is 0.290. The average molecular weight is 1160 g/mol. The lowest BCUT2D eigenvalue weighted by molar-refractivity contribution is -0.0226. The number of ether oxygens (including phenoxy) is 6. The molecule has 0 amide bonds. The molecule has 0 radical (unpaired) electrons. The van der Waals surface area contributed by atoms with Crippen molar-refractivity contribution >= 4 is 63.7 Å². The van der Waals surface area contributed by atoms with Gasteiger partial charge in [-0.1, -0.05) is 124 Å². The highest BCUT2D eigenvalue weighted by molar-refractivity contribution is 9.11. The number of nitrogens with zero attached hydrogens (tertiary/aromatic N) is 1. The Labute approximate surface area is 426 Å².